The monoisotopic (exact) mass is 484 g/mol. The Balaban J connectivity index is 1.85. The molecule has 0 saturated heterocycles. The average Bonchev–Trinajstić information content (AvgIpc) is 3.26. The molecule has 3 aromatic rings. The first-order valence-electron chi connectivity index (χ1n) is 10.5. The Bertz CT molecular complexity index is 1300. The summed E-state index contributed by atoms with van der Waals surface area (Å²) in [6, 6.07) is 3.71. The van der Waals surface area contributed by atoms with E-state index in [0.29, 0.717) is 5.69 Å². The van der Waals surface area contributed by atoms with Crippen LogP contribution in [0.25, 0.3) is 11.3 Å². The van der Waals surface area contributed by atoms with Crippen LogP contribution in [0.4, 0.5) is 5.95 Å². The van der Waals surface area contributed by atoms with Crippen LogP contribution in [0.2, 0.25) is 0 Å². The number of carbonyl (C=O) groups excluding carboxylic acids is 1. The van der Waals surface area contributed by atoms with Crippen molar-refractivity contribution in [3.05, 3.63) is 54.2 Å². The van der Waals surface area contributed by atoms with Crippen molar-refractivity contribution in [1.82, 2.24) is 24.7 Å². The highest BCUT2D eigenvalue weighted by Gasteiger charge is 2.36. The third-order valence-electron chi connectivity index (χ3n) is 5.81. The molecule has 1 amide bonds. The number of hydrogen-bond acceptors (Lipinski definition) is 8. The average molecular weight is 485 g/mol. The van der Waals surface area contributed by atoms with Gasteiger partial charge in [0.1, 0.15) is 15.7 Å². The molecule has 0 fully saturated rings. The number of carbonyl (C=O) groups is 1. The lowest BCUT2D eigenvalue weighted by atomic mass is 9.73. The quantitative estimate of drug-likeness (QED) is 0.354. The minimum atomic E-state index is -3.15. The highest BCUT2D eigenvalue weighted by Crippen LogP contribution is 2.33. The van der Waals surface area contributed by atoms with Gasteiger partial charge in [-0.15, -0.1) is 0 Å². The molecule has 0 bridgehead atoms. The molecule has 3 heterocycles. The fourth-order valence-electron chi connectivity index (χ4n) is 3.26. The summed E-state index contributed by atoms with van der Waals surface area (Å²) in [5.41, 5.74) is 13.5. The number of hydrogen-bond donors (Lipinski definition) is 2. The molecular weight excluding hydrogens is 456 g/mol. The van der Waals surface area contributed by atoms with Gasteiger partial charge in [0.2, 0.25) is 5.95 Å². The molecule has 0 aromatic carbocycles. The van der Waals surface area contributed by atoms with Crippen molar-refractivity contribution >= 4 is 27.5 Å². The topological polar surface area (TPSA) is 172 Å². The number of amidine groups is 1. The lowest BCUT2D eigenvalue weighted by molar-refractivity contribution is 0.100. The second-order valence-electron chi connectivity index (χ2n) is 8.54. The van der Waals surface area contributed by atoms with Crippen LogP contribution < -0.4 is 11.5 Å². The summed E-state index contributed by atoms with van der Waals surface area (Å²) in [4.78, 5) is 29.4. The molecule has 11 nitrogen and oxygen atoms in total. The summed E-state index contributed by atoms with van der Waals surface area (Å²) in [7, 11) is -3.15. The van der Waals surface area contributed by atoms with Crippen molar-refractivity contribution in [2.75, 3.05) is 17.7 Å². The van der Waals surface area contributed by atoms with Gasteiger partial charge in [0, 0.05) is 36.6 Å². The number of rotatable bonds is 8. The second kappa shape index (κ2) is 9.67. The van der Waals surface area contributed by atoms with Gasteiger partial charge >= 0.3 is 0 Å². The third kappa shape index (κ3) is 5.63. The van der Waals surface area contributed by atoms with Gasteiger partial charge in [0.15, 0.2) is 0 Å². The number of amides is 1. The third-order valence-corrected chi connectivity index (χ3v) is 6.74. The Hall–Kier alpha value is -3.67. The fourth-order valence-corrected chi connectivity index (χ4v) is 3.78. The smallest absolute Gasteiger partial charge is 0.281 e. The van der Waals surface area contributed by atoms with E-state index in [-0.39, 0.29) is 35.6 Å². The number of aliphatic imine (C=N–C) groups is 1. The van der Waals surface area contributed by atoms with Crippen LogP contribution in [-0.4, -0.2) is 56.9 Å². The zero-order chi connectivity index (χ0) is 25.1. The highest BCUT2D eigenvalue weighted by molar-refractivity contribution is 7.90. The van der Waals surface area contributed by atoms with Crippen LogP contribution in [-0.2, 0) is 21.8 Å². The minimum absolute atomic E-state index is 0.00552. The lowest BCUT2D eigenvalue weighted by Gasteiger charge is -2.33. The van der Waals surface area contributed by atoms with E-state index in [9.17, 15) is 13.2 Å². The lowest BCUT2D eigenvalue weighted by Crippen LogP contribution is -2.43. The predicted molar refractivity (Wildman–Crippen MR) is 130 cm³/mol. The van der Waals surface area contributed by atoms with Crippen LogP contribution in [0.1, 0.15) is 36.7 Å². The molecule has 1 unspecified atom stereocenters. The van der Waals surface area contributed by atoms with E-state index in [0.717, 1.165) is 17.4 Å². The molecule has 1 atom stereocenters. The summed E-state index contributed by atoms with van der Waals surface area (Å²) >= 11 is 0. The number of sulfone groups is 1. The van der Waals surface area contributed by atoms with E-state index in [1.807, 2.05) is 32.9 Å². The van der Waals surface area contributed by atoms with Crippen molar-refractivity contribution in [3.8, 4) is 11.3 Å². The van der Waals surface area contributed by atoms with Gasteiger partial charge in [-0.25, -0.2) is 18.4 Å². The van der Waals surface area contributed by atoms with E-state index in [4.69, 9.17) is 11.5 Å². The van der Waals surface area contributed by atoms with Crippen LogP contribution >= 0.6 is 0 Å². The predicted octanol–water partition coefficient (Wildman–Crippen LogP) is 1.47. The molecule has 0 aliphatic heterocycles. The van der Waals surface area contributed by atoms with Crippen LogP contribution in [0.5, 0.6) is 0 Å². The molecule has 180 valence electrons. The minimum Gasteiger partial charge on any atom is -0.386 e. The zero-order valence-corrected chi connectivity index (χ0v) is 20.3. The van der Waals surface area contributed by atoms with Gasteiger partial charge in [-0.05, 0) is 24.5 Å². The van der Waals surface area contributed by atoms with Crippen LogP contribution in [0.3, 0.4) is 0 Å². The number of pyridine rings is 1. The number of aromatic nitrogens is 5. The molecule has 34 heavy (non-hydrogen) atoms. The molecule has 3 aromatic heterocycles. The summed E-state index contributed by atoms with van der Waals surface area (Å²) < 4.78 is 24.1. The van der Waals surface area contributed by atoms with E-state index in [2.05, 4.69) is 25.0 Å². The Kier molecular flexibility index (Phi) is 7.10. The maximum absolute atomic E-state index is 12.8. The highest BCUT2D eigenvalue weighted by atomic mass is 32.2. The van der Waals surface area contributed by atoms with E-state index in [1.54, 1.807) is 18.6 Å². The number of nitrogen functional groups attached to an aromatic ring is 1. The van der Waals surface area contributed by atoms with Gasteiger partial charge in [-0.1, -0.05) is 19.9 Å². The van der Waals surface area contributed by atoms with Gasteiger partial charge in [-0.3, -0.25) is 14.5 Å². The van der Waals surface area contributed by atoms with Crippen molar-refractivity contribution in [3.63, 3.8) is 0 Å². The van der Waals surface area contributed by atoms with E-state index < -0.39 is 21.2 Å². The van der Waals surface area contributed by atoms with Crippen molar-refractivity contribution in [2.45, 2.75) is 32.7 Å². The van der Waals surface area contributed by atoms with Crippen molar-refractivity contribution in [1.29, 1.82) is 0 Å². The largest absolute Gasteiger partial charge is 0.386 e. The van der Waals surface area contributed by atoms with Gasteiger partial charge in [0.05, 0.1) is 35.2 Å². The summed E-state index contributed by atoms with van der Waals surface area (Å²) in [6.07, 6.45) is 8.83. The molecule has 0 saturated carbocycles. The van der Waals surface area contributed by atoms with Gasteiger partial charge < -0.3 is 11.5 Å². The standard InChI is InChI=1S/C22H28N8O3S/c1-14(2)22(3,17-5-6-18(25-12-17)15-9-26-21(24)27-10-15)20(23)29-19(31)16-11-28-30(13-16)7-8-34(4,32)33/h5-6,9-14H,7-8H2,1-4H3,(H2,23,29,31)(H2,24,26,27). The fraction of sp³-hybridized carbons (Fsp3) is 0.364. The van der Waals surface area contributed by atoms with Crippen molar-refractivity contribution < 1.29 is 13.2 Å². The molecular formula is C22H28N8O3S. The number of nitrogens with zero attached hydrogens (tertiary/aromatic N) is 6. The van der Waals surface area contributed by atoms with E-state index in [1.165, 1.54) is 17.1 Å². The second-order valence-corrected chi connectivity index (χ2v) is 10.8. The van der Waals surface area contributed by atoms with Gasteiger partial charge in [-0.2, -0.15) is 10.1 Å². The first-order chi connectivity index (χ1) is 15.9. The first kappa shape index (κ1) is 25.0. The summed E-state index contributed by atoms with van der Waals surface area (Å²) in [5.74, 6) is -0.318. The van der Waals surface area contributed by atoms with Crippen molar-refractivity contribution in [2.24, 2.45) is 16.6 Å². The Morgan fingerprint density at radius 1 is 1.15 bits per heavy atom. The molecule has 12 heteroatoms. The van der Waals surface area contributed by atoms with Gasteiger partial charge in [0.25, 0.3) is 5.91 Å². The molecule has 0 aliphatic rings. The molecule has 0 radical (unpaired) electrons. The summed E-state index contributed by atoms with van der Waals surface area (Å²) in [6.45, 7) is 6.02. The Morgan fingerprint density at radius 2 is 1.82 bits per heavy atom. The normalized spacial score (nSPS) is 14.2. The Labute approximate surface area is 198 Å². The maximum atomic E-state index is 12.8. The summed E-state index contributed by atoms with van der Waals surface area (Å²) in [5, 5.41) is 4.04. The molecule has 3 rings (SSSR count). The Morgan fingerprint density at radius 3 is 2.38 bits per heavy atom. The molecule has 0 spiro atoms. The maximum Gasteiger partial charge on any atom is 0.281 e. The molecule has 4 N–H and O–H groups in total. The first-order valence-corrected chi connectivity index (χ1v) is 12.6. The number of nitrogens with two attached hydrogens (primary N) is 2. The number of anilines is 1. The SMILES string of the molecule is CC(C)C(C)(C(N)=NC(=O)c1cnn(CCS(C)(=O)=O)c1)c1ccc(-c2cnc(N)nc2)nc1. The van der Waals surface area contributed by atoms with Crippen LogP contribution in [0, 0.1) is 5.92 Å². The zero-order valence-electron chi connectivity index (χ0n) is 19.5. The van der Waals surface area contributed by atoms with Crippen LogP contribution in [0.15, 0.2) is 48.1 Å². The van der Waals surface area contributed by atoms with E-state index >= 15 is 0 Å². The number of aryl methyl sites for hydroxylation is 1. The molecule has 0 aliphatic carbocycles.